The van der Waals surface area contributed by atoms with Crippen LogP contribution in [0.3, 0.4) is 0 Å². The van der Waals surface area contributed by atoms with Crippen molar-refractivity contribution in [3.8, 4) is 11.1 Å². The molecule has 1 aliphatic rings. The summed E-state index contributed by atoms with van der Waals surface area (Å²) >= 11 is 0.991. The highest BCUT2D eigenvalue weighted by Gasteiger charge is 2.29. The summed E-state index contributed by atoms with van der Waals surface area (Å²) in [7, 11) is 0. The van der Waals surface area contributed by atoms with Gasteiger partial charge in [-0.05, 0) is 22.3 Å². The number of carboxylic acids is 1. The van der Waals surface area contributed by atoms with E-state index in [1.165, 1.54) is 5.38 Å². The van der Waals surface area contributed by atoms with Crippen LogP contribution in [-0.2, 0) is 9.53 Å². The number of carbonyl (C=O) groups excluding carboxylic acids is 2. The van der Waals surface area contributed by atoms with Crippen molar-refractivity contribution in [1.29, 1.82) is 0 Å². The van der Waals surface area contributed by atoms with Crippen molar-refractivity contribution in [2.45, 2.75) is 12.0 Å². The minimum Gasteiger partial charge on any atom is -0.480 e. The van der Waals surface area contributed by atoms with E-state index in [1.54, 1.807) is 0 Å². The number of anilines is 1. The second-order valence-corrected chi connectivity index (χ2v) is 7.89. The van der Waals surface area contributed by atoms with Gasteiger partial charge in [-0.15, -0.1) is 11.3 Å². The zero-order valence-corrected chi connectivity index (χ0v) is 17.5. The second kappa shape index (κ2) is 9.16. The molecule has 2 amide bonds. The standard InChI is InChI=1S/C22H19N3O6S/c26-9-17(20(28)29)23-19(27)18-11-32-21(24-18)25-22(30)31-10-16-14-7-3-1-5-12(14)13-6-2-4-8-15(13)16/h1-8,11,16-17,26H,9-10H2,(H,23,27)(H,28,29)(H,24,25,30)/t17-/m1/s1. The molecule has 0 aliphatic heterocycles. The van der Waals surface area contributed by atoms with E-state index < -0.39 is 30.6 Å². The van der Waals surface area contributed by atoms with Crippen molar-refractivity contribution < 1.29 is 29.3 Å². The number of hydrogen-bond acceptors (Lipinski definition) is 7. The van der Waals surface area contributed by atoms with Crippen LogP contribution in [0.15, 0.2) is 53.9 Å². The molecule has 10 heteroatoms. The van der Waals surface area contributed by atoms with Crippen LogP contribution in [0.5, 0.6) is 0 Å². The molecule has 0 spiro atoms. The van der Waals surface area contributed by atoms with Gasteiger partial charge >= 0.3 is 12.1 Å². The number of carboxylic acid groups (broad SMARTS) is 1. The first-order chi connectivity index (χ1) is 15.5. The lowest BCUT2D eigenvalue weighted by atomic mass is 9.98. The largest absolute Gasteiger partial charge is 0.480 e. The maximum atomic E-state index is 12.3. The number of carbonyl (C=O) groups is 3. The van der Waals surface area contributed by atoms with Crippen LogP contribution >= 0.6 is 11.3 Å². The summed E-state index contributed by atoms with van der Waals surface area (Å²) in [6.07, 6.45) is -0.716. The number of rotatable bonds is 7. The molecule has 1 heterocycles. The molecule has 9 nitrogen and oxygen atoms in total. The van der Waals surface area contributed by atoms with Gasteiger partial charge in [0.15, 0.2) is 11.2 Å². The monoisotopic (exact) mass is 453 g/mol. The van der Waals surface area contributed by atoms with Crippen LogP contribution in [-0.4, -0.2) is 52.4 Å². The Morgan fingerprint density at radius 1 is 1.06 bits per heavy atom. The Morgan fingerprint density at radius 3 is 2.28 bits per heavy atom. The Labute approximate surface area is 186 Å². The number of aromatic nitrogens is 1. The molecule has 164 valence electrons. The highest BCUT2D eigenvalue weighted by Crippen LogP contribution is 2.44. The predicted octanol–water partition coefficient (Wildman–Crippen LogP) is 2.68. The van der Waals surface area contributed by atoms with Crippen molar-refractivity contribution in [3.05, 3.63) is 70.7 Å². The third kappa shape index (κ3) is 4.32. The lowest BCUT2D eigenvalue weighted by molar-refractivity contribution is -0.140. The van der Waals surface area contributed by atoms with Crippen LogP contribution in [0.1, 0.15) is 27.5 Å². The van der Waals surface area contributed by atoms with E-state index in [9.17, 15) is 14.4 Å². The van der Waals surface area contributed by atoms with E-state index >= 15 is 0 Å². The summed E-state index contributed by atoms with van der Waals surface area (Å²) in [6.45, 7) is -0.620. The molecule has 32 heavy (non-hydrogen) atoms. The summed E-state index contributed by atoms with van der Waals surface area (Å²) in [5, 5.41) is 24.0. The Bertz CT molecular complexity index is 1130. The normalized spacial score (nSPS) is 13.0. The Balaban J connectivity index is 1.37. The number of thiazole rings is 1. The highest BCUT2D eigenvalue weighted by atomic mass is 32.1. The average molecular weight is 453 g/mol. The summed E-state index contributed by atoms with van der Waals surface area (Å²) in [6, 6.07) is 14.5. The first kappa shape index (κ1) is 21.5. The highest BCUT2D eigenvalue weighted by molar-refractivity contribution is 7.14. The van der Waals surface area contributed by atoms with Crippen molar-refractivity contribution in [3.63, 3.8) is 0 Å². The molecule has 0 saturated heterocycles. The van der Waals surface area contributed by atoms with Gasteiger partial charge in [0.2, 0.25) is 0 Å². The first-order valence-corrected chi connectivity index (χ1v) is 10.6. The van der Waals surface area contributed by atoms with Gasteiger partial charge < -0.3 is 20.3 Å². The lowest BCUT2D eigenvalue weighted by Crippen LogP contribution is -2.43. The molecular formula is C22H19N3O6S. The number of aliphatic hydroxyl groups is 1. The second-order valence-electron chi connectivity index (χ2n) is 7.04. The molecule has 0 unspecified atom stereocenters. The van der Waals surface area contributed by atoms with Crippen LogP contribution in [0.25, 0.3) is 11.1 Å². The number of hydrogen-bond donors (Lipinski definition) is 4. The van der Waals surface area contributed by atoms with E-state index in [2.05, 4.69) is 15.6 Å². The smallest absolute Gasteiger partial charge is 0.413 e. The van der Waals surface area contributed by atoms with E-state index in [0.29, 0.717) is 0 Å². The number of benzene rings is 2. The van der Waals surface area contributed by atoms with Gasteiger partial charge in [0.05, 0.1) is 6.61 Å². The number of fused-ring (bicyclic) bond motifs is 3. The molecule has 0 bridgehead atoms. The van der Waals surface area contributed by atoms with E-state index in [0.717, 1.165) is 33.6 Å². The Hall–Kier alpha value is -3.76. The fourth-order valence-electron chi connectivity index (χ4n) is 3.57. The van der Waals surface area contributed by atoms with Crippen LogP contribution in [0, 0.1) is 0 Å². The molecule has 2 aromatic carbocycles. The Kier molecular flexibility index (Phi) is 6.15. The number of aliphatic carboxylic acids is 1. The quantitative estimate of drug-likeness (QED) is 0.431. The number of ether oxygens (including phenoxy) is 1. The maximum absolute atomic E-state index is 12.3. The SMILES string of the molecule is O=C(Nc1nc(C(=O)N[C@H](CO)C(=O)O)cs1)OCC1c2ccccc2-c2ccccc21. The predicted molar refractivity (Wildman–Crippen MR) is 117 cm³/mol. The maximum Gasteiger partial charge on any atom is 0.413 e. The van der Waals surface area contributed by atoms with Gasteiger partial charge in [-0.3, -0.25) is 10.1 Å². The molecule has 0 fully saturated rings. The Morgan fingerprint density at radius 2 is 1.69 bits per heavy atom. The summed E-state index contributed by atoms with van der Waals surface area (Å²) in [5.41, 5.74) is 4.34. The van der Waals surface area contributed by atoms with Gasteiger partial charge in [0.1, 0.15) is 12.3 Å². The summed E-state index contributed by atoms with van der Waals surface area (Å²) in [5.74, 6) is -2.23. The molecule has 0 saturated carbocycles. The van der Waals surface area contributed by atoms with Crippen LogP contribution in [0.4, 0.5) is 9.93 Å². The molecule has 4 N–H and O–H groups in total. The molecule has 1 aliphatic carbocycles. The zero-order chi connectivity index (χ0) is 22.7. The minimum absolute atomic E-state index is 0.0800. The summed E-state index contributed by atoms with van der Waals surface area (Å²) < 4.78 is 5.43. The van der Waals surface area contributed by atoms with Crippen LogP contribution < -0.4 is 10.6 Å². The van der Waals surface area contributed by atoms with E-state index in [1.807, 2.05) is 48.5 Å². The molecule has 1 atom stereocenters. The average Bonchev–Trinajstić information content (AvgIpc) is 3.38. The van der Waals surface area contributed by atoms with Crippen LogP contribution in [0.2, 0.25) is 0 Å². The number of amides is 2. The number of nitrogens with zero attached hydrogens (tertiary/aromatic N) is 1. The zero-order valence-electron chi connectivity index (χ0n) is 16.6. The number of nitrogens with one attached hydrogen (secondary N) is 2. The molecular weight excluding hydrogens is 434 g/mol. The molecule has 1 aromatic heterocycles. The van der Waals surface area contributed by atoms with Gasteiger partial charge in [0, 0.05) is 11.3 Å². The molecule has 3 aromatic rings. The van der Waals surface area contributed by atoms with E-state index in [4.69, 9.17) is 14.9 Å². The first-order valence-electron chi connectivity index (χ1n) is 9.70. The van der Waals surface area contributed by atoms with Crippen molar-refractivity contribution >= 4 is 34.4 Å². The van der Waals surface area contributed by atoms with Crippen molar-refractivity contribution in [1.82, 2.24) is 10.3 Å². The topological polar surface area (TPSA) is 138 Å². The lowest BCUT2D eigenvalue weighted by Gasteiger charge is -2.14. The van der Waals surface area contributed by atoms with Gasteiger partial charge in [-0.2, -0.15) is 0 Å². The van der Waals surface area contributed by atoms with Crippen molar-refractivity contribution in [2.75, 3.05) is 18.5 Å². The van der Waals surface area contributed by atoms with E-state index in [-0.39, 0.29) is 23.4 Å². The molecule has 4 rings (SSSR count). The third-order valence-electron chi connectivity index (χ3n) is 5.08. The summed E-state index contributed by atoms with van der Waals surface area (Å²) in [4.78, 5) is 39.3. The fraction of sp³-hybridized carbons (Fsp3) is 0.182. The fourth-order valence-corrected chi connectivity index (χ4v) is 4.25. The number of aliphatic hydroxyl groups excluding tert-OH is 1. The van der Waals surface area contributed by atoms with Gasteiger partial charge in [0.25, 0.3) is 5.91 Å². The molecule has 0 radical (unpaired) electrons. The van der Waals surface area contributed by atoms with Crippen molar-refractivity contribution in [2.24, 2.45) is 0 Å². The van der Waals surface area contributed by atoms with Gasteiger partial charge in [-0.25, -0.2) is 14.6 Å². The minimum atomic E-state index is -1.44. The van der Waals surface area contributed by atoms with Gasteiger partial charge in [-0.1, -0.05) is 48.5 Å². The third-order valence-corrected chi connectivity index (χ3v) is 5.83.